The lowest BCUT2D eigenvalue weighted by Gasteiger charge is -2.28. The first-order valence-electron chi connectivity index (χ1n) is 9.33. The number of fused-ring (bicyclic) bond motifs is 2. The molecule has 2 saturated heterocycles. The molecule has 0 spiro atoms. The van der Waals surface area contributed by atoms with E-state index >= 15 is 0 Å². The second kappa shape index (κ2) is 7.71. The zero-order valence-electron chi connectivity index (χ0n) is 14.8. The van der Waals surface area contributed by atoms with Gasteiger partial charge in [0.2, 0.25) is 5.36 Å². The summed E-state index contributed by atoms with van der Waals surface area (Å²) >= 11 is 0. The highest BCUT2D eigenvalue weighted by molar-refractivity contribution is 5.85. The Balaban J connectivity index is 0.00000180. The minimum Gasteiger partial charge on any atom is -0.456 e. The minimum atomic E-state index is 0. The van der Waals surface area contributed by atoms with E-state index in [1.54, 1.807) is 0 Å². The smallest absolute Gasteiger partial charge is 0.203 e. The number of hydrogen-bond acceptors (Lipinski definition) is 4. The fourth-order valence-electron chi connectivity index (χ4n) is 3.78. The maximum atomic E-state index is 6.29. The van der Waals surface area contributed by atoms with Gasteiger partial charge in [-0.3, -0.25) is 0 Å². The zero-order valence-corrected chi connectivity index (χ0v) is 14.8. The molecular weight excluding hydrogens is 340 g/mol. The first-order valence-corrected chi connectivity index (χ1v) is 9.33. The molecule has 5 heteroatoms. The fraction of sp³-hybridized carbons (Fsp3) is 0.409. The Kier molecular flexibility index (Phi) is 5.14. The van der Waals surface area contributed by atoms with Crippen molar-refractivity contribution in [1.29, 1.82) is 0 Å². The summed E-state index contributed by atoms with van der Waals surface area (Å²) < 4.78 is 19.6. The van der Waals surface area contributed by atoms with Gasteiger partial charge in [-0.15, -0.1) is 0 Å². The average Bonchev–Trinajstić information content (AvgIpc) is 2.73. The number of hydrogen-bond donors (Lipinski definition) is 0. The van der Waals surface area contributed by atoms with Crippen LogP contribution in [0.25, 0.3) is 22.3 Å². The number of rotatable bonds is 1. The summed E-state index contributed by atoms with van der Waals surface area (Å²) in [6, 6.07) is 15.2. The highest BCUT2D eigenvalue weighted by Crippen LogP contribution is 2.30. The fourth-order valence-corrected chi connectivity index (χ4v) is 3.78. The number of benzene rings is 2. The van der Waals surface area contributed by atoms with E-state index in [1.807, 2.05) is 0 Å². The molecule has 5 rings (SSSR count). The summed E-state index contributed by atoms with van der Waals surface area (Å²) in [5.41, 5.74) is 3.27. The van der Waals surface area contributed by atoms with Crippen molar-refractivity contribution in [2.45, 2.75) is 7.43 Å². The Morgan fingerprint density at radius 1 is 0.815 bits per heavy atom. The van der Waals surface area contributed by atoms with E-state index in [-0.39, 0.29) is 7.43 Å². The normalized spacial score (nSPS) is 17.9. The molecule has 0 bridgehead atoms. The summed E-state index contributed by atoms with van der Waals surface area (Å²) in [6.45, 7) is 6.87. The van der Waals surface area contributed by atoms with E-state index in [0.29, 0.717) is 0 Å². The molecule has 0 unspecified atom stereocenters. The summed E-state index contributed by atoms with van der Waals surface area (Å²) in [5, 5.41) is 2.34. The van der Waals surface area contributed by atoms with Crippen LogP contribution < -0.4 is 14.8 Å². The Labute approximate surface area is 159 Å². The summed E-state index contributed by atoms with van der Waals surface area (Å²) in [5.74, 6) is 0.931. The van der Waals surface area contributed by atoms with E-state index in [2.05, 4.69) is 51.9 Å². The van der Waals surface area contributed by atoms with Crippen molar-refractivity contribution in [2.75, 3.05) is 57.5 Å². The molecule has 0 N–H and O–H groups in total. The summed E-state index contributed by atoms with van der Waals surface area (Å²) in [6.07, 6.45) is 0. The van der Waals surface area contributed by atoms with Crippen LogP contribution >= 0.6 is 0 Å². The van der Waals surface area contributed by atoms with Crippen LogP contribution in [-0.4, -0.2) is 52.6 Å². The van der Waals surface area contributed by atoms with Crippen molar-refractivity contribution in [1.82, 2.24) is 4.58 Å². The van der Waals surface area contributed by atoms with Crippen LogP contribution in [0.4, 0.5) is 5.69 Å². The van der Waals surface area contributed by atoms with Gasteiger partial charge in [0.15, 0.2) is 13.1 Å². The molecule has 4 aliphatic rings. The highest BCUT2D eigenvalue weighted by atomic mass is 16.5. The molecular formula is C22H27N2O3+. The number of nitrogens with zero attached hydrogens (tertiary/aromatic N) is 2. The lowest BCUT2D eigenvalue weighted by Crippen LogP contribution is -2.39. The van der Waals surface area contributed by atoms with Gasteiger partial charge >= 0.3 is 0 Å². The van der Waals surface area contributed by atoms with Gasteiger partial charge in [-0.1, -0.05) is 7.43 Å². The Morgan fingerprint density at radius 3 is 2.41 bits per heavy atom. The number of ether oxygens (including phenoxy) is 2. The van der Waals surface area contributed by atoms with Crippen molar-refractivity contribution in [3.05, 3.63) is 47.8 Å². The van der Waals surface area contributed by atoms with E-state index in [4.69, 9.17) is 13.9 Å². The molecule has 3 aliphatic heterocycles. The quantitative estimate of drug-likeness (QED) is 0.490. The third-order valence-electron chi connectivity index (χ3n) is 5.28. The van der Waals surface area contributed by atoms with Crippen molar-refractivity contribution < 1.29 is 13.9 Å². The monoisotopic (exact) mass is 367 g/mol. The second-order valence-electron chi connectivity index (χ2n) is 6.89. The van der Waals surface area contributed by atoms with Crippen LogP contribution in [0.15, 0.2) is 46.9 Å². The maximum Gasteiger partial charge on any atom is 0.203 e. The van der Waals surface area contributed by atoms with Crippen molar-refractivity contribution >= 4 is 16.7 Å². The van der Waals surface area contributed by atoms with Crippen LogP contribution in [0, 0.1) is 0 Å². The first kappa shape index (κ1) is 18.0. The zero-order chi connectivity index (χ0) is 17.3. The van der Waals surface area contributed by atoms with Crippen LogP contribution in [0.5, 0.6) is 0 Å². The second-order valence-corrected chi connectivity index (χ2v) is 6.89. The Hall–Kier alpha value is -2.37. The predicted octanol–water partition coefficient (Wildman–Crippen LogP) is 2.81. The maximum absolute atomic E-state index is 6.29. The van der Waals surface area contributed by atoms with Crippen LogP contribution in [0.3, 0.4) is 0 Å². The standard InChI is InChI=1S/C21H23N2O3.CH4/c1-3-18(22-5-9-24-10-6-22)14-20-16(1)13-17-2-4-19(15-21(17)26-20)23-7-11-25-12-8-23;/h1-4,13-15H,5-12H2;1H4/q+1;. The average molecular weight is 367 g/mol. The van der Waals surface area contributed by atoms with E-state index in [9.17, 15) is 0 Å². The topological polar surface area (TPSA) is 37.9 Å². The molecule has 2 fully saturated rings. The molecule has 0 amide bonds. The number of anilines is 1. The Bertz CT molecular complexity index is 965. The minimum absolute atomic E-state index is 0. The third kappa shape index (κ3) is 3.57. The van der Waals surface area contributed by atoms with E-state index in [1.165, 1.54) is 11.0 Å². The third-order valence-corrected chi connectivity index (χ3v) is 5.28. The van der Waals surface area contributed by atoms with E-state index < -0.39 is 0 Å². The summed E-state index contributed by atoms with van der Waals surface area (Å²) in [4.78, 5) is 2.35. The summed E-state index contributed by atoms with van der Waals surface area (Å²) in [7, 11) is 0. The lowest BCUT2D eigenvalue weighted by molar-refractivity contribution is 0.0965. The molecule has 0 saturated carbocycles. The lowest BCUT2D eigenvalue weighted by atomic mass is 10.1. The van der Waals surface area contributed by atoms with Gasteiger partial charge in [-0.2, -0.15) is 0 Å². The van der Waals surface area contributed by atoms with Crippen LogP contribution in [-0.2, 0) is 9.47 Å². The van der Waals surface area contributed by atoms with Gasteiger partial charge < -0.3 is 18.8 Å². The predicted molar refractivity (Wildman–Crippen MR) is 108 cm³/mol. The van der Waals surface area contributed by atoms with Gasteiger partial charge in [-0.25, -0.2) is 4.58 Å². The molecule has 1 aromatic rings. The highest BCUT2D eigenvalue weighted by Gasteiger charge is 2.16. The van der Waals surface area contributed by atoms with Crippen molar-refractivity contribution in [2.24, 2.45) is 0 Å². The Morgan fingerprint density at radius 2 is 1.59 bits per heavy atom. The van der Waals surface area contributed by atoms with Gasteiger partial charge in [0.25, 0.3) is 0 Å². The largest absolute Gasteiger partial charge is 0.456 e. The van der Waals surface area contributed by atoms with Gasteiger partial charge in [-0.05, 0) is 24.3 Å². The van der Waals surface area contributed by atoms with Gasteiger partial charge in [0.1, 0.15) is 24.6 Å². The van der Waals surface area contributed by atoms with Crippen molar-refractivity contribution in [3.8, 4) is 11.3 Å². The van der Waals surface area contributed by atoms with Crippen LogP contribution in [0.1, 0.15) is 7.43 Å². The molecule has 0 atom stereocenters. The molecule has 5 nitrogen and oxygen atoms in total. The molecule has 1 aromatic carbocycles. The van der Waals surface area contributed by atoms with Gasteiger partial charge in [0, 0.05) is 41.9 Å². The molecule has 0 aromatic heterocycles. The molecule has 3 heterocycles. The molecule has 1 aliphatic carbocycles. The first-order chi connectivity index (χ1) is 12.9. The molecule has 27 heavy (non-hydrogen) atoms. The SMILES string of the molecule is C.c1cc(=[N+]2CCOCC2)cc2oc3cc(N4CCOCC4)ccc3cc1-2. The molecule has 0 radical (unpaired) electrons. The number of morpholine rings is 2. The van der Waals surface area contributed by atoms with Gasteiger partial charge in [0.05, 0.1) is 19.3 Å². The molecule has 142 valence electrons. The van der Waals surface area contributed by atoms with E-state index in [0.717, 1.165) is 74.9 Å². The van der Waals surface area contributed by atoms with Crippen LogP contribution in [0.2, 0.25) is 0 Å². The van der Waals surface area contributed by atoms with Crippen molar-refractivity contribution in [3.63, 3.8) is 0 Å².